The van der Waals surface area contributed by atoms with Crippen LogP contribution < -0.4 is 5.32 Å². The highest BCUT2D eigenvalue weighted by Gasteiger charge is 2.15. The molecule has 0 radical (unpaired) electrons. The normalized spacial score (nSPS) is 10.7. The fourth-order valence-electron chi connectivity index (χ4n) is 2.23. The van der Waals surface area contributed by atoms with Crippen molar-refractivity contribution in [1.82, 2.24) is 15.5 Å². The van der Waals surface area contributed by atoms with Crippen LogP contribution >= 0.6 is 11.3 Å². The van der Waals surface area contributed by atoms with Crippen molar-refractivity contribution in [1.29, 1.82) is 0 Å². The van der Waals surface area contributed by atoms with E-state index in [2.05, 4.69) is 15.5 Å². The molecule has 2 heterocycles. The van der Waals surface area contributed by atoms with Gasteiger partial charge in [-0.15, -0.1) is 11.3 Å². The Balaban J connectivity index is 1.64. The molecule has 0 aliphatic heterocycles. The number of carbonyl (C=O) groups is 1. The Morgan fingerprint density at radius 1 is 1.26 bits per heavy atom. The highest BCUT2D eigenvalue weighted by Crippen LogP contribution is 2.27. The lowest BCUT2D eigenvalue weighted by atomic mass is 10.2. The monoisotopic (exact) mass is 327 g/mol. The zero-order valence-corrected chi connectivity index (χ0v) is 13.8. The van der Waals surface area contributed by atoms with Crippen molar-refractivity contribution in [2.24, 2.45) is 0 Å². The predicted molar refractivity (Wildman–Crippen MR) is 89.6 cm³/mol. The number of thiazole rings is 1. The molecule has 0 bridgehead atoms. The van der Waals surface area contributed by atoms with Crippen molar-refractivity contribution >= 4 is 17.2 Å². The van der Waals surface area contributed by atoms with E-state index < -0.39 is 0 Å². The first-order valence-electron chi connectivity index (χ1n) is 7.37. The smallest absolute Gasteiger partial charge is 0.263 e. The van der Waals surface area contributed by atoms with Crippen LogP contribution in [-0.2, 0) is 6.42 Å². The van der Waals surface area contributed by atoms with Crippen molar-refractivity contribution in [3.8, 4) is 10.6 Å². The Kier molecular flexibility index (Phi) is 4.52. The van der Waals surface area contributed by atoms with Gasteiger partial charge >= 0.3 is 0 Å². The van der Waals surface area contributed by atoms with E-state index in [1.807, 2.05) is 50.2 Å². The molecule has 3 rings (SSSR count). The predicted octanol–water partition coefficient (Wildman–Crippen LogP) is 3.39. The van der Waals surface area contributed by atoms with Crippen molar-refractivity contribution in [3.05, 3.63) is 58.4 Å². The first-order valence-corrected chi connectivity index (χ1v) is 8.18. The van der Waals surface area contributed by atoms with Gasteiger partial charge in [-0.25, -0.2) is 4.98 Å². The van der Waals surface area contributed by atoms with Gasteiger partial charge in [-0.2, -0.15) is 0 Å². The Morgan fingerprint density at radius 2 is 2.04 bits per heavy atom. The van der Waals surface area contributed by atoms with E-state index in [9.17, 15) is 4.79 Å². The quantitative estimate of drug-likeness (QED) is 0.780. The van der Waals surface area contributed by atoms with E-state index in [-0.39, 0.29) is 5.91 Å². The molecule has 0 fully saturated rings. The molecule has 2 aromatic heterocycles. The van der Waals surface area contributed by atoms with Gasteiger partial charge in [0.15, 0.2) is 0 Å². The van der Waals surface area contributed by atoms with Crippen LogP contribution in [0.5, 0.6) is 0 Å². The summed E-state index contributed by atoms with van der Waals surface area (Å²) in [7, 11) is 0. The Hall–Kier alpha value is -2.47. The first-order chi connectivity index (χ1) is 11.1. The molecule has 0 atom stereocenters. The van der Waals surface area contributed by atoms with E-state index in [0.29, 0.717) is 17.8 Å². The molecule has 118 valence electrons. The summed E-state index contributed by atoms with van der Waals surface area (Å²) >= 11 is 1.41. The SMILES string of the molecule is Cc1cc(CCNC(=O)c2sc(-c3ccccc3)nc2C)no1. The number of hydrogen-bond donors (Lipinski definition) is 1. The van der Waals surface area contributed by atoms with E-state index in [4.69, 9.17) is 4.52 Å². The third-order valence-corrected chi connectivity index (χ3v) is 4.57. The molecule has 0 aliphatic carbocycles. The lowest BCUT2D eigenvalue weighted by molar-refractivity contribution is 0.0957. The van der Waals surface area contributed by atoms with Crippen LogP contribution in [-0.4, -0.2) is 22.6 Å². The minimum atomic E-state index is -0.0950. The van der Waals surface area contributed by atoms with E-state index in [1.165, 1.54) is 11.3 Å². The second-order valence-electron chi connectivity index (χ2n) is 5.23. The van der Waals surface area contributed by atoms with Crippen LogP contribution in [0.15, 0.2) is 40.9 Å². The largest absolute Gasteiger partial charge is 0.361 e. The van der Waals surface area contributed by atoms with Crippen molar-refractivity contribution in [3.63, 3.8) is 0 Å². The van der Waals surface area contributed by atoms with Crippen LogP contribution in [0.25, 0.3) is 10.6 Å². The zero-order chi connectivity index (χ0) is 16.2. The van der Waals surface area contributed by atoms with Crippen LogP contribution in [0.1, 0.15) is 26.8 Å². The minimum Gasteiger partial charge on any atom is -0.361 e. The topological polar surface area (TPSA) is 68.0 Å². The number of nitrogens with one attached hydrogen (secondary N) is 1. The molecule has 0 saturated carbocycles. The second-order valence-corrected chi connectivity index (χ2v) is 6.23. The van der Waals surface area contributed by atoms with Crippen molar-refractivity contribution in [2.75, 3.05) is 6.54 Å². The van der Waals surface area contributed by atoms with Crippen LogP contribution in [0.2, 0.25) is 0 Å². The number of amides is 1. The van der Waals surface area contributed by atoms with Crippen molar-refractivity contribution in [2.45, 2.75) is 20.3 Å². The number of aryl methyl sites for hydroxylation is 2. The lowest BCUT2D eigenvalue weighted by Crippen LogP contribution is -2.25. The maximum Gasteiger partial charge on any atom is 0.263 e. The fourth-order valence-corrected chi connectivity index (χ4v) is 3.22. The number of aromatic nitrogens is 2. The maximum absolute atomic E-state index is 12.3. The van der Waals surface area contributed by atoms with Crippen LogP contribution in [0.4, 0.5) is 0 Å². The molecule has 1 aromatic carbocycles. The molecule has 0 spiro atoms. The molecule has 1 amide bonds. The number of carbonyl (C=O) groups excluding carboxylic acids is 1. The summed E-state index contributed by atoms with van der Waals surface area (Å²) in [5, 5.41) is 7.68. The molecule has 5 nitrogen and oxygen atoms in total. The number of rotatable bonds is 5. The summed E-state index contributed by atoms with van der Waals surface area (Å²) in [5.74, 6) is 0.680. The standard InChI is InChI=1S/C17H17N3O2S/c1-11-10-14(20-22-11)8-9-18-16(21)15-12(2)19-17(23-15)13-6-4-3-5-7-13/h3-7,10H,8-9H2,1-2H3,(H,18,21). The van der Waals surface area contributed by atoms with Gasteiger partial charge in [0.1, 0.15) is 15.6 Å². The van der Waals surface area contributed by atoms with Gasteiger partial charge in [0.2, 0.25) is 0 Å². The Morgan fingerprint density at radius 3 is 2.74 bits per heavy atom. The Bertz CT molecular complexity index is 808. The molecular formula is C17H17N3O2S. The first kappa shape index (κ1) is 15.4. The number of hydrogen-bond acceptors (Lipinski definition) is 5. The van der Waals surface area contributed by atoms with Gasteiger partial charge in [0.25, 0.3) is 5.91 Å². The van der Waals surface area contributed by atoms with Crippen molar-refractivity contribution < 1.29 is 9.32 Å². The van der Waals surface area contributed by atoms with E-state index >= 15 is 0 Å². The van der Waals surface area contributed by atoms with E-state index in [1.54, 1.807) is 0 Å². The Labute approximate surface area is 138 Å². The molecule has 1 N–H and O–H groups in total. The maximum atomic E-state index is 12.3. The molecule has 3 aromatic rings. The molecule has 0 saturated heterocycles. The third-order valence-electron chi connectivity index (χ3n) is 3.37. The molecule has 23 heavy (non-hydrogen) atoms. The third kappa shape index (κ3) is 3.65. The average molecular weight is 327 g/mol. The van der Waals surface area contributed by atoms with Gasteiger partial charge in [-0.3, -0.25) is 4.79 Å². The molecular weight excluding hydrogens is 310 g/mol. The lowest BCUT2D eigenvalue weighted by Gasteiger charge is -2.01. The molecule has 0 aliphatic rings. The molecule has 6 heteroatoms. The van der Waals surface area contributed by atoms with Gasteiger partial charge < -0.3 is 9.84 Å². The summed E-state index contributed by atoms with van der Waals surface area (Å²) in [6, 6.07) is 11.7. The highest BCUT2D eigenvalue weighted by atomic mass is 32.1. The summed E-state index contributed by atoms with van der Waals surface area (Å²) in [5.41, 5.74) is 2.62. The second kappa shape index (κ2) is 6.75. The van der Waals surface area contributed by atoms with Crippen LogP contribution in [0, 0.1) is 13.8 Å². The summed E-state index contributed by atoms with van der Waals surface area (Å²) in [6.45, 7) is 4.22. The summed E-state index contributed by atoms with van der Waals surface area (Å²) < 4.78 is 5.01. The number of benzene rings is 1. The zero-order valence-electron chi connectivity index (χ0n) is 13.0. The number of nitrogens with zero attached hydrogens (tertiary/aromatic N) is 2. The van der Waals surface area contributed by atoms with E-state index in [0.717, 1.165) is 27.7 Å². The fraction of sp³-hybridized carbons (Fsp3) is 0.235. The van der Waals surface area contributed by atoms with Gasteiger partial charge in [0.05, 0.1) is 11.4 Å². The van der Waals surface area contributed by atoms with Gasteiger partial charge in [0, 0.05) is 24.6 Å². The minimum absolute atomic E-state index is 0.0950. The van der Waals surface area contributed by atoms with Gasteiger partial charge in [-0.1, -0.05) is 35.5 Å². The summed E-state index contributed by atoms with van der Waals surface area (Å²) in [6.07, 6.45) is 0.645. The van der Waals surface area contributed by atoms with Crippen LogP contribution in [0.3, 0.4) is 0 Å². The highest BCUT2D eigenvalue weighted by molar-refractivity contribution is 7.17. The van der Waals surface area contributed by atoms with Gasteiger partial charge in [-0.05, 0) is 13.8 Å². The average Bonchev–Trinajstić information content (AvgIpc) is 3.14. The summed E-state index contributed by atoms with van der Waals surface area (Å²) in [4.78, 5) is 17.5. The molecule has 0 unspecified atom stereocenters.